The lowest BCUT2D eigenvalue weighted by molar-refractivity contribution is 1.07. The highest BCUT2D eigenvalue weighted by Crippen LogP contribution is 2.24. The van der Waals surface area contributed by atoms with Crippen molar-refractivity contribution in [2.24, 2.45) is 5.73 Å². The Morgan fingerprint density at radius 2 is 1.47 bits per heavy atom. The van der Waals surface area contributed by atoms with Gasteiger partial charge in [-0.3, -0.25) is 0 Å². The lowest BCUT2D eigenvalue weighted by Crippen LogP contribution is -1.95. The summed E-state index contributed by atoms with van der Waals surface area (Å²) in [6, 6.07) is 16.9. The highest BCUT2D eigenvalue weighted by molar-refractivity contribution is 9.10. The van der Waals surface area contributed by atoms with Crippen molar-refractivity contribution in [1.82, 2.24) is 0 Å². The van der Waals surface area contributed by atoms with E-state index in [2.05, 4.69) is 64.5 Å². The first kappa shape index (κ1) is 12.7. The van der Waals surface area contributed by atoms with Crippen molar-refractivity contribution in [2.45, 2.75) is 17.2 Å². The van der Waals surface area contributed by atoms with Crippen molar-refractivity contribution < 1.29 is 0 Å². The molecule has 0 spiro atoms. The zero-order valence-electron chi connectivity index (χ0n) is 9.40. The summed E-state index contributed by atoms with van der Waals surface area (Å²) in [5, 5.41) is 0. The third-order valence-corrected chi connectivity index (χ3v) is 4.09. The fourth-order valence-corrected chi connectivity index (χ4v) is 2.59. The van der Waals surface area contributed by atoms with E-state index in [1.807, 2.05) is 11.8 Å². The molecule has 0 aliphatic heterocycles. The van der Waals surface area contributed by atoms with Gasteiger partial charge in [0.25, 0.3) is 0 Å². The van der Waals surface area contributed by atoms with Crippen molar-refractivity contribution in [3.05, 3.63) is 64.1 Å². The van der Waals surface area contributed by atoms with E-state index < -0.39 is 0 Å². The van der Waals surface area contributed by atoms with Gasteiger partial charge in [-0.25, -0.2) is 0 Å². The van der Waals surface area contributed by atoms with Crippen LogP contribution in [0.2, 0.25) is 0 Å². The van der Waals surface area contributed by atoms with Crippen LogP contribution in [-0.2, 0) is 12.3 Å². The monoisotopic (exact) mass is 307 g/mol. The summed E-state index contributed by atoms with van der Waals surface area (Å²) in [5.41, 5.74) is 8.08. The molecule has 0 radical (unpaired) electrons. The molecule has 0 atom stereocenters. The predicted octanol–water partition coefficient (Wildman–Crippen LogP) is 4.20. The van der Waals surface area contributed by atoms with Crippen molar-refractivity contribution in [1.29, 1.82) is 0 Å². The summed E-state index contributed by atoms with van der Waals surface area (Å²) in [4.78, 5) is 1.29. The number of benzene rings is 2. The Balaban J connectivity index is 1.95. The number of nitrogens with two attached hydrogens (primary N) is 1. The first-order valence-corrected chi connectivity index (χ1v) is 7.22. The van der Waals surface area contributed by atoms with Crippen LogP contribution >= 0.6 is 27.7 Å². The minimum atomic E-state index is 0.611. The van der Waals surface area contributed by atoms with Crippen molar-refractivity contribution in [2.75, 3.05) is 0 Å². The Morgan fingerprint density at radius 1 is 0.882 bits per heavy atom. The average molecular weight is 308 g/mol. The van der Waals surface area contributed by atoms with Gasteiger partial charge in [-0.2, -0.15) is 0 Å². The second-order valence-electron chi connectivity index (χ2n) is 3.76. The molecule has 0 bridgehead atoms. The molecule has 3 heteroatoms. The Labute approximate surface area is 115 Å². The molecule has 0 fully saturated rings. The van der Waals surface area contributed by atoms with Gasteiger partial charge in [0.1, 0.15) is 0 Å². The van der Waals surface area contributed by atoms with E-state index in [4.69, 9.17) is 5.73 Å². The van der Waals surface area contributed by atoms with Crippen molar-refractivity contribution in [3.8, 4) is 0 Å². The average Bonchev–Trinajstić information content (AvgIpc) is 2.39. The maximum atomic E-state index is 5.57. The zero-order chi connectivity index (χ0) is 12.1. The van der Waals surface area contributed by atoms with E-state index in [1.165, 1.54) is 16.0 Å². The SMILES string of the molecule is NCc1ccc(CSc2ccc(Br)cc2)cc1. The molecule has 2 N–H and O–H groups in total. The van der Waals surface area contributed by atoms with Gasteiger partial charge < -0.3 is 5.73 Å². The van der Waals surface area contributed by atoms with Crippen molar-refractivity contribution >= 4 is 27.7 Å². The largest absolute Gasteiger partial charge is 0.326 e. The molecule has 0 aliphatic rings. The third kappa shape index (κ3) is 3.87. The van der Waals surface area contributed by atoms with Gasteiger partial charge in [-0.1, -0.05) is 40.2 Å². The Hall–Kier alpha value is -0.770. The number of hydrogen-bond acceptors (Lipinski definition) is 2. The number of thioether (sulfide) groups is 1. The van der Waals surface area contributed by atoms with Crippen LogP contribution in [0, 0.1) is 0 Å². The fraction of sp³-hybridized carbons (Fsp3) is 0.143. The molecule has 0 unspecified atom stereocenters. The standard InChI is InChI=1S/C14H14BrNS/c15-13-5-7-14(8-6-13)17-10-12-3-1-11(9-16)2-4-12/h1-8H,9-10,16H2. The minimum Gasteiger partial charge on any atom is -0.326 e. The molecule has 2 aromatic carbocycles. The lowest BCUT2D eigenvalue weighted by atomic mass is 10.1. The molecule has 0 aliphatic carbocycles. The van der Waals surface area contributed by atoms with E-state index in [9.17, 15) is 0 Å². The van der Waals surface area contributed by atoms with Crippen LogP contribution in [0.3, 0.4) is 0 Å². The van der Waals surface area contributed by atoms with E-state index in [-0.39, 0.29) is 0 Å². The second-order valence-corrected chi connectivity index (χ2v) is 5.73. The summed E-state index contributed by atoms with van der Waals surface area (Å²) in [7, 11) is 0. The summed E-state index contributed by atoms with van der Waals surface area (Å²) in [5.74, 6) is 0.993. The lowest BCUT2D eigenvalue weighted by Gasteiger charge is -2.03. The topological polar surface area (TPSA) is 26.0 Å². The van der Waals surface area contributed by atoms with Gasteiger partial charge in [-0.05, 0) is 35.4 Å². The van der Waals surface area contributed by atoms with Crippen molar-refractivity contribution in [3.63, 3.8) is 0 Å². The summed E-state index contributed by atoms with van der Waals surface area (Å²) in [6.45, 7) is 0.611. The van der Waals surface area contributed by atoms with Gasteiger partial charge in [0, 0.05) is 21.7 Å². The Morgan fingerprint density at radius 3 is 2.06 bits per heavy atom. The first-order valence-electron chi connectivity index (χ1n) is 5.44. The van der Waals surface area contributed by atoms with E-state index in [1.54, 1.807) is 0 Å². The van der Waals surface area contributed by atoms with Crippen LogP contribution in [0.25, 0.3) is 0 Å². The zero-order valence-corrected chi connectivity index (χ0v) is 11.8. The molecule has 2 rings (SSSR count). The summed E-state index contributed by atoms with van der Waals surface area (Å²) in [6.07, 6.45) is 0. The molecular weight excluding hydrogens is 294 g/mol. The van der Waals surface area contributed by atoms with Gasteiger partial charge >= 0.3 is 0 Å². The molecule has 0 saturated carbocycles. The molecule has 1 nitrogen and oxygen atoms in total. The molecule has 2 aromatic rings. The molecule has 0 aromatic heterocycles. The maximum absolute atomic E-state index is 5.57. The highest BCUT2D eigenvalue weighted by Gasteiger charge is 1.97. The van der Waals surface area contributed by atoms with Crippen LogP contribution in [0.4, 0.5) is 0 Å². The highest BCUT2D eigenvalue weighted by atomic mass is 79.9. The summed E-state index contributed by atoms with van der Waals surface area (Å²) < 4.78 is 1.12. The summed E-state index contributed by atoms with van der Waals surface area (Å²) >= 11 is 5.28. The van der Waals surface area contributed by atoms with Gasteiger partial charge in [0.2, 0.25) is 0 Å². The minimum absolute atomic E-state index is 0.611. The van der Waals surface area contributed by atoms with Crippen LogP contribution in [0.1, 0.15) is 11.1 Å². The fourth-order valence-electron chi connectivity index (χ4n) is 1.47. The number of rotatable bonds is 4. The number of halogens is 1. The van der Waals surface area contributed by atoms with E-state index in [0.717, 1.165) is 10.2 Å². The Bertz CT molecular complexity index is 465. The molecular formula is C14H14BrNS. The van der Waals surface area contributed by atoms with Crippen LogP contribution < -0.4 is 5.73 Å². The first-order chi connectivity index (χ1) is 8.28. The molecule has 0 saturated heterocycles. The van der Waals surface area contributed by atoms with Crippen LogP contribution in [0.5, 0.6) is 0 Å². The van der Waals surface area contributed by atoms with Gasteiger partial charge in [0.15, 0.2) is 0 Å². The normalized spacial score (nSPS) is 10.5. The quantitative estimate of drug-likeness (QED) is 0.857. The second kappa shape index (κ2) is 6.24. The van der Waals surface area contributed by atoms with E-state index >= 15 is 0 Å². The molecule has 0 amide bonds. The molecule has 88 valence electrons. The van der Waals surface area contributed by atoms with Gasteiger partial charge in [-0.15, -0.1) is 11.8 Å². The van der Waals surface area contributed by atoms with Crippen LogP contribution in [-0.4, -0.2) is 0 Å². The maximum Gasteiger partial charge on any atom is 0.0231 e. The molecule has 0 heterocycles. The van der Waals surface area contributed by atoms with Gasteiger partial charge in [0.05, 0.1) is 0 Å². The Kier molecular flexibility index (Phi) is 4.66. The number of hydrogen-bond donors (Lipinski definition) is 1. The molecule has 17 heavy (non-hydrogen) atoms. The smallest absolute Gasteiger partial charge is 0.0231 e. The predicted molar refractivity (Wildman–Crippen MR) is 78.0 cm³/mol. The van der Waals surface area contributed by atoms with E-state index in [0.29, 0.717) is 6.54 Å². The third-order valence-electron chi connectivity index (χ3n) is 2.48. The van der Waals surface area contributed by atoms with Crippen LogP contribution in [0.15, 0.2) is 57.9 Å².